The average molecular weight is 464 g/mol. The lowest BCUT2D eigenvalue weighted by atomic mass is 10.2. The molecule has 0 atom stereocenters. The lowest BCUT2D eigenvalue weighted by Gasteiger charge is -2.09. The summed E-state index contributed by atoms with van der Waals surface area (Å²) in [5.41, 5.74) is 6.10. The predicted molar refractivity (Wildman–Crippen MR) is 121 cm³/mol. The Balaban J connectivity index is 1.68. The molecule has 0 saturated heterocycles. The summed E-state index contributed by atoms with van der Waals surface area (Å²) in [6.07, 6.45) is 1.48. The topological polar surface area (TPSA) is 75.5 Å². The van der Waals surface area contributed by atoms with Crippen LogP contribution in [-0.4, -0.2) is 22.6 Å². The van der Waals surface area contributed by atoms with Gasteiger partial charge in [-0.25, -0.2) is 5.43 Å². The molecule has 0 fully saturated rings. The second-order valence-corrected chi connectivity index (χ2v) is 7.76. The minimum atomic E-state index is -0.925. The highest BCUT2D eigenvalue weighted by atomic mass is 35.5. The maximum absolute atomic E-state index is 12.0. The molecule has 2 aromatic carbocycles. The quantitative estimate of drug-likeness (QED) is 0.319. The van der Waals surface area contributed by atoms with Gasteiger partial charge in [-0.15, -0.1) is 0 Å². The van der Waals surface area contributed by atoms with Gasteiger partial charge in [-0.1, -0.05) is 40.9 Å². The minimum absolute atomic E-state index is 0.307. The van der Waals surface area contributed by atoms with Crippen molar-refractivity contribution in [1.29, 1.82) is 0 Å². The van der Waals surface area contributed by atoms with Crippen LogP contribution in [-0.2, 0) is 9.59 Å². The summed E-state index contributed by atoms with van der Waals surface area (Å²) in [5, 5.41) is 7.61. The van der Waals surface area contributed by atoms with E-state index in [4.69, 9.17) is 34.8 Å². The largest absolute Gasteiger partial charge is 0.329 e. The molecule has 0 spiro atoms. The maximum atomic E-state index is 12.0. The van der Waals surface area contributed by atoms with Gasteiger partial charge in [0.15, 0.2) is 0 Å². The summed E-state index contributed by atoms with van der Waals surface area (Å²) in [6, 6.07) is 13.9. The van der Waals surface area contributed by atoms with Gasteiger partial charge in [0.2, 0.25) is 0 Å². The Bertz CT molecular complexity index is 1130. The first-order chi connectivity index (χ1) is 14.2. The zero-order valence-corrected chi connectivity index (χ0v) is 18.3. The van der Waals surface area contributed by atoms with Crippen LogP contribution in [0.15, 0.2) is 53.6 Å². The third kappa shape index (κ3) is 5.21. The van der Waals surface area contributed by atoms with E-state index in [0.29, 0.717) is 20.8 Å². The van der Waals surface area contributed by atoms with E-state index in [1.54, 1.807) is 6.07 Å². The zero-order valence-electron chi connectivity index (χ0n) is 16.0. The molecule has 0 saturated carbocycles. The van der Waals surface area contributed by atoms with Crippen molar-refractivity contribution < 1.29 is 9.59 Å². The number of nitrogens with one attached hydrogen (secondary N) is 2. The Morgan fingerprint density at radius 1 is 0.933 bits per heavy atom. The van der Waals surface area contributed by atoms with Crippen LogP contribution in [0.1, 0.15) is 17.0 Å². The van der Waals surface area contributed by atoms with E-state index in [-0.39, 0.29) is 0 Å². The maximum Gasteiger partial charge on any atom is 0.329 e. The summed E-state index contributed by atoms with van der Waals surface area (Å²) in [7, 11) is 0. The molecule has 154 valence electrons. The molecular formula is C21H17Cl3N4O2. The van der Waals surface area contributed by atoms with Gasteiger partial charge in [-0.05, 0) is 56.3 Å². The number of anilines is 1. The Kier molecular flexibility index (Phi) is 6.82. The molecule has 1 aromatic heterocycles. The van der Waals surface area contributed by atoms with Crippen LogP contribution in [0, 0.1) is 13.8 Å². The van der Waals surface area contributed by atoms with Crippen molar-refractivity contribution in [3.63, 3.8) is 0 Å². The third-order valence-electron chi connectivity index (χ3n) is 4.23. The average Bonchev–Trinajstić information content (AvgIpc) is 2.94. The lowest BCUT2D eigenvalue weighted by Crippen LogP contribution is -2.32. The summed E-state index contributed by atoms with van der Waals surface area (Å²) < 4.78 is 2.02. The molecule has 0 aliphatic carbocycles. The Hall–Kier alpha value is -2.80. The molecule has 0 bridgehead atoms. The first-order valence-electron chi connectivity index (χ1n) is 8.80. The Labute approximate surface area is 188 Å². The van der Waals surface area contributed by atoms with E-state index in [1.165, 1.54) is 24.4 Å². The highest BCUT2D eigenvalue weighted by molar-refractivity contribution is 6.40. The fourth-order valence-electron chi connectivity index (χ4n) is 2.96. The molecule has 0 aliphatic rings. The molecule has 30 heavy (non-hydrogen) atoms. The fourth-order valence-corrected chi connectivity index (χ4v) is 3.67. The monoisotopic (exact) mass is 462 g/mol. The second-order valence-electron chi connectivity index (χ2n) is 6.45. The Morgan fingerprint density at radius 2 is 1.63 bits per heavy atom. The number of nitrogens with zero attached hydrogens (tertiary/aromatic N) is 2. The van der Waals surface area contributed by atoms with Crippen LogP contribution in [0.2, 0.25) is 15.1 Å². The van der Waals surface area contributed by atoms with Crippen molar-refractivity contribution >= 4 is 58.5 Å². The van der Waals surface area contributed by atoms with Crippen LogP contribution in [0.25, 0.3) is 5.69 Å². The van der Waals surface area contributed by atoms with Crippen LogP contribution in [0.3, 0.4) is 0 Å². The summed E-state index contributed by atoms with van der Waals surface area (Å²) >= 11 is 17.8. The lowest BCUT2D eigenvalue weighted by molar-refractivity contribution is -0.136. The smallest absolute Gasteiger partial charge is 0.318 e. The number of aryl methyl sites for hydroxylation is 1. The molecule has 3 rings (SSSR count). The predicted octanol–water partition coefficient (Wildman–Crippen LogP) is 5.14. The molecule has 6 nitrogen and oxygen atoms in total. The van der Waals surface area contributed by atoms with E-state index >= 15 is 0 Å². The number of hydrazone groups is 1. The molecule has 2 N–H and O–H groups in total. The number of benzene rings is 2. The van der Waals surface area contributed by atoms with Gasteiger partial charge in [-0.3, -0.25) is 9.59 Å². The molecule has 3 aromatic rings. The normalized spacial score (nSPS) is 11.0. The third-order valence-corrected chi connectivity index (χ3v) is 4.90. The van der Waals surface area contributed by atoms with E-state index < -0.39 is 11.8 Å². The van der Waals surface area contributed by atoms with Crippen molar-refractivity contribution in [1.82, 2.24) is 9.99 Å². The minimum Gasteiger partial charge on any atom is -0.318 e. The highest BCUT2D eigenvalue weighted by Crippen LogP contribution is 2.23. The van der Waals surface area contributed by atoms with E-state index in [2.05, 4.69) is 15.8 Å². The number of carbonyl (C=O) groups is 2. The first kappa shape index (κ1) is 21.9. The second kappa shape index (κ2) is 9.34. The molecule has 1 heterocycles. The van der Waals surface area contributed by atoms with Gasteiger partial charge in [-0.2, -0.15) is 5.10 Å². The fraction of sp³-hybridized carbons (Fsp3) is 0.0952. The number of hydrogen-bond donors (Lipinski definition) is 2. The van der Waals surface area contributed by atoms with Crippen LogP contribution >= 0.6 is 34.8 Å². The SMILES string of the molecule is Cc1cc(/C=N\NC(=O)C(=O)Nc2cc(Cl)cc(Cl)c2)c(C)n1-c1cccc(Cl)c1. The van der Waals surface area contributed by atoms with E-state index in [0.717, 1.165) is 22.6 Å². The molecule has 2 amide bonds. The van der Waals surface area contributed by atoms with Crippen LogP contribution in [0.5, 0.6) is 0 Å². The van der Waals surface area contributed by atoms with E-state index in [1.807, 2.05) is 42.7 Å². The standard InChI is InChI=1S/C21H17Cl3N4O2/c1-12-6-14(13(2)28(12)19-5-3-4-15(22)10-19)11-25-27-21(30)20(29)26-18-8-16(23)7-17(24)9-18/h3-11H,1-2H3,(H,26,29)(H,27,30)/b25-11-. The number of aromatic nitrogens is 1. The van der Waals surface area contributed by atoms with E-state index in [9.17, 15) is 9.59 Å². The summed E-state index contributed by atoms with van der Waals surface area (Å²) in [6.45, 7) is 3.88. The number of rotatable bonds is 4. The van der Waals surface area contributed by atoms with Crippen LogP contribution in [0.4, 0.5) is 5.69 Å². The Morgan fingerprint density at radius 3 is 2.30 bits per heavy atom. The van der Waals surface area contributed by atoms with Crippen molar-refractivity contribution in [2.75, 3.05) is 5.32 Å². The number of amides is 2. The van der Waals surface area contributed by atoms with Gasteiger partial charge in [0.05, 0.1) is 6.21 Å². The summed E-state index contributed by atoms with van der Waals surface area (Å²) in [4.78, 5) is 24.0. The van der Waals surface area contributed by atoms with Gasteiger partial charge in [0, 0.05) is 43.4 Å². The van der Waals surface area contributed by atoms with Crippen LogP contribution < -0.4 is 10.7 Å². The van der Waals surface area contributed by atoms with Gasteiger partial charge in [0.25, 0.3) is 0 Å². The van der Waals surface area contributed by atoms with Crippen molar-refractivity contribution in [2.45, 2.75) is 13.8 Å². The number of hydrogen-bond acceptors (Lipinski definition) is 3. The molecule has 0 aliphatic heterocycles. The van der Waals surface area contributed by atoms with Gasteiger partial charge in [0.1, 0.15) is 0 Å². The van der Waals surface area contributed by atoms with Crippen molar-refractivity contribution in [3.05, 3.63) is 80.6 Å². The number of carbonyl (C=O) groups excluding carboxylic acids is 2. The molecule has 0 unspecified atom stereocenters. The first-order valence-corrected chi connectivity index (χ1v) is 9.93. The van der Waals surface area contributed by atoms with Gasteiger partial charge >= 0.3 is 11.8 Å². The highest BCUT2D eigenvalue weighted by Gasteiger charge is 2.14. The van der Waals surface area contributed by atoms with Crippen molar-refractivity contribution in [3.8, 4) is 5.69 Å². The number of halogens is 3. The van der Waals surface area contributed by atoms with Gasteiger partial charge < -0.3 is 9.88 Å². The van der Waals surface area contributed by atoms with Crippen molar-refractivity contribution in [2.24, 2.45) is 5.10 Å². The molecular weight excluding hydrogens is 447 g/mol. The summed E-state index contributed by atoms with van der Waals surface area (Å²) in [5.74, 6) is -1.82. The zero-order chi connectivity index (χ0) is 21.8. The molecule has 0 radical (unpaired) electrons. The molecule has 9 heteroatoms.